The normalized spacial score (nSPS) is 10.6. The fourth-order valence-electron chi connectivity index (χ4n) is 5.11. The van der Waals surface area contributed by atoms with Gasteiger partial charge in [0.15, 0.2) is 0 Å². The standard InChI is InChI=1S/C39H43N3O7/c1-3-4-5-6-7-24-40-32-16-14-31(15-17-32)39(47)49-35-22-10-29(11-23-35)26-42(27-37(44)45)38(46)30-12-18-33(19-13-30)41-36(43)25-28-8-20-34(48-2)21-9-28/h8-23,40H,3-7,24-27H2,1-2H3,(H,41,43)(H,44,45). The third-order valence-corrected chi connectivity index (χ3v) is 7.79. The molecule has 0 aliphatic rings. The Kier molecular flexibility index (Phi) is 13.8. The van der Waals surface area contributed by atoms with Crippen LogP contribution in [-0.2, 0) is 22.6 Å². The van der Waals surface area contributed by atoms with E-state index < -0.39 is 24.4 Å². The Labute approximate surface area is 287 Å². The summed E-state index contributed by atoms with van der Waals surface area (Å²) in [5.41, 5.74) is 3.61. The minimum atomic E-state index is -1.16. The second kappa shape index (κ2) is 18.6. The molecule has 4 rings (SSSR count). The van der Waals surface area contributed by atoms with Crippen LogP contribution in [0.3, 0.4) is 0 Å². The fraction of sp³-hybridized carbons (Fsp3) is 0.282. The summed E-state index contributed by atoms with van der Waals surface area (Å²) in [4.78, 5) is 51.4. The number of nitrogens with one attached hydrogen (secondary N) is 2. The van der Waals surface area contributed by atoms with Crippen LogP contribution in [0.25, 0.3) is 0 Å². The first-order chi connectivity index (χ1) is 23.7. The highest BCUT2D eigenvalue weighted by atomic mass is 16.5. The summed E-state index contributed by atoms with van der Waals surface area (Å²) in [6.45, 7) is 2.59. The van der Waals surface area contributed by atoms with E-state index in [1.165, 1.54) is 30.6 Å². The Morgan fingerprint density at radius 3 is 1.92 bits per heavy atom. The number of benzene rings is 4. The Balaban J connectivity index is 1.29. The van der Waals surface area contributed by atoms with Gasteiger partial charge in [0.1, 0.15) is 18.0 Å². The number of carboxylic acid groups (broad SMARTS) is 1. The molecule has 0 bridgehead atoms. The monoisotopic (exact) mass is 665 g/mol. The molecule has 0 heterocycles. The molecule has 10 heteroatoms. The van der Waals surface area contributed by atoms with Crippen LogP contribution in [0, 0.1) is 0 Å². The van der Waals surface area contributed by atoms with Crippen LogP contribution >= 0.6 is 0 Å². The summed E-state index contributed by atoms with van der Waals surface area (Å²) >= 11 is 0. The molecule has 0 saturated carbocycles. The predicted molar refractivity (Wildman–Crippen MR) is 189 cm³/mol. The summed E-state index contributed by atoms with van der Waals surface area (Å²) < 4.78 is 10.7. The largest absolute Gasteiger partial charge is 0.497 e. The number of unbranched alkanes of at least 4 members (excludes halogenated alkanes) is 4. The van der Waals surface area contributed by atoms with Crippen LogP contribution in [0.1, 0.15) is 70.9 Å². The van der Waals surface area contributed by atoms with Gasteiger partial charge in [0.05, 0.1) is 19.1 Å². The molecule has 256 valence electrons. The van der Waals surface area contributed by atoms with Crippen molar-refractivity contribution >= 4 is 35.1 Å². The Hall–Kier alpha value is -5.64. The number of hydrogen-bond donors (Lipinski definition) is 3. The molecule has 0 unspecified atom stereocenters. The Morgan fingerprint density at radius 2 is 1.29 bits per heavy atom. The molecule has 0 spiro atoms. The highest BCUT2D eigenvalue weighted by molar-refractivity contribution is 5.97. The molecule has 0 aliphatic carbocycles. The van der Waals surface area contributed by atoms with Crippen molar-refractivity contribution in [3.8, 4) is 11.5 Å². The lowest BCUT2D eigenvalue weighted by molar-refractivity contribution is -0.137. The summed E-state index contributed by atoms with van der Waals surface area (Å²) in [5.74, 6) is -1.34. The van der Waals surface area contributed by atoms with Gasteiger partial charge in [0.25, 0.3) is 5.91 Å². The minimum Gasteiger partial charge on any atom is -0.497 e. The zero-order chi connectivity index (χ0) is 35.0. The number of amides is 2. The minimum absolute atomic E-state index is 0.0206. The Morgan fingerprint density at radius 1 is 0.694 bits per heavy atom. The van der Waals surface area contributed by atoms with Gasteiger partial charge >= 0.3 is 11.9 Å². The first-order valence-corrected chi connectivity index (χ1v) is 16.4. The lowest BCUT2D eigenvalue weighted by atomic mass is 10.1. The van der Waals surface area contributed by atoms with Gasteiger partial charge in [0.2, 0.25) is 5.91 Å². The van der Waals surface area contributed by atoms with Gasteiger partial charge in [-0.15, -0.1) is 0 Å². The third kappa shape index (κ3) is 11.8. The average Bonchev–Trinajstić information content (AvgIpc) is 3.10. The summed E-state index contributed by atoms with van der Waals surface area (Å²) in [6.07, 6.45) is 6.18. The van der Waals surface area contributed by atoms with E-state index >= 15 is 0 Å². The smallest absolute Gasteiger partial charge is 0.343 e. The topological polar surface area (TPSA) is 134 Å². The molecule has 0 radical (unpaired) electrons. The quantitative estimate of drug-likeness (QED) is 0.0577. The zero-order valence-electron chi connectivity index (χ0n) is 27.9. The number of carboxylic acids is 1. The third-order valence-electron chi connectivity index (χ3n) is 7.79. The van der Waals surface area contributed by atoms with Crippen LogP contribution in [0.2, 0.25) is 0 Å². The second-order valence-electron chi connectivity index (χ2n) is 11.7. The number of hydrogen-bond acceptors (Lipinski definition) is 7. The maximum atomic E-state index is 13.3. The average molecular weight is 666 g/mol. The molecule has 0 atom stereocenters. The van der Waals surface area contributed by atoms with E-state index in [1.54, 1.807) is 79.9 Å². The van der Waals surface area contributed by atoms with Crippen molar-refractivity contribution in [3.05, 3.63) is 119 Å². The van der Waals surface area contributed by atoms with Crippen LogP contribution in [0.5, 0.6) is 11.5 Å². The first kappa shape index (κ1) is 36.2. The molecular formula is C39H43N3O7. The number of aliphatic carboxylic acids is 1. The Bertz CT molecular complexity index is 1670. The van der Waals surface area contributed by atoms with Crippen molar-refractivity contribution in [1.29, 1.82) is 0 Å². The zero-order valence-corrected chi connectivity index (χ0v) is 27.9. The predicted octanol–water partition coefficient (Wildman–Crippen LogP) is 7.20. The van der Waals surface area contributed by atoms with Gasteiger partial charge < -0.3 is 30.1 Å². The number of ether oxygens (including phenoxy) is 2. The van der Waals surface area contributed by atoms with E-state index in [9.17, 15) is 24.3 Å². The van der Waals surface area contributed by atoms with Crippen LogP contribution in [0.4, 0.5) is 11.4 Å². The highest BCUT2D eigenvalue weighted by Gasteiger charge is 2.20. The number of anilines is 2. The van der Waals surface area contributed by atoms with Gasteiger partial charge in [0, 0.05) is 30.0 Å². The molecule has 2 amide bonds. The van der Waals surface area contributed by atoms with E-state index in [0.717, 1.165) is 24.2 Å². The van der Waals surface area contributed by atoms with Gasteiger partial charge in [-0.3, -0.25) is 14.4 Å². The molecule has 0 aliphatic heterocycles. The van der Waals surface area contributed by atoms with Gasteiger partial charge in [-0.05, 0) is 90.3 Å². The van der Waals surface area contributed by atoms with E-state index in [1.807, 2.05) is 24.3 Å². The molecule has 0 fully saturated rings. The molecule has 4 aromatic rings. The van der Waals surface area contributed by atoms with Gasteiger partial charge in [-0.25, -0.2) is 4.79 Å². The number of carbonyl (C=O) groups excluding carboxylic acids is 3. The lowest BCUT2D eigenvalue weighted by Crippen LogP contribution is -2.35. The van der Waals surface area contributed by atoms with E-state index in [0.29, 0.717) is 28.3 Å². The number of esters is 1. The van der Waals surface area contributed by atoms with Crippen LogP contribution in [-0.4, -0.2) is 54.0 Å². The SMILES string of the molecule is CCCCCCCNc1ccc(C(=O)Oc2ccc(CN(CC(=O)O)C(=O)c3ccc(NC(=O)Cc4ccc(OC)cc4)cc3)cc2)cc1. The van der Waals surface area contributed by atoms with Crippen molar-refractivity contribution < 1.29 is 33.8 Å². The summed E-state index contributed by atoms with van der Waals surface area (Å²) in [5, 5.41) is 15.7. The molecule has 49 heavy (non-hydrogen) atoms. The first-order valence-electron chi connectivity index (χ1n) is 16.4. The van der Waals surface area contributed by atoms with Crippen molar-refractivity contribution in [1.82, 2.24) is 4.90 Å². The summed E-state index contributed by atoms with van der Waals surface area (Å²) in [6, 6.07) is 27.2. The maximum absolute atomic E-state index is 13.3. The molecule has 10 nitrogen and oxygen atoms in total. The molecule has 0 saturated heterocycles. The molecular weight excluding hydrogens is 622 g/mol. The van der Waals surface area contributed by atoms with Crippen molar-refractivity contribution in [2.75, 3.05) is 30.8 Å². The maximum Gasteiger partial charge on any atom is 0.343 e. The number of nitrogens with zero attached hydrogens (tertiary/aromatic N) is 1. The van der Waals surface area contributed by atoms with Gasteiger partial charge in [-0.1, -0.05) is 56.9 Å². The fourth-order valence-corrected chi connectivity index (χ4v) is 5.11. The van der Waals surface area contributed by atoms with Crippen LogP contribution in [0.15, 0.2) is 97.1 Å². The number of carbonyl (C=O) groups is 4. The van der Waals surface area contributed by atoms with Gasteiger partial charge in [-0.2, -0.15) is 0 Å². The summed E-state index contributed by atoms with van der Waals surface area (Å²) in [7, 11) is 1.57. The highest BCUT2D eigenvalue weighted by Crippen LogP contribution is 2.19. The van der Waals surface area contributed by atoms with Crippen molar-refractivity contribution in [2.24, 2.45) is 0 Å². The molecule has 3 N–H and O–H groups in total. The number of methoxy groups -OCH3 is 1. The van der Waals surface area contributed by atoms with Crippen molar-refractivity contribution in [3.63, 3.8) is 0 Å². The number of rotatable bonds is 18. The van der Waals surface area contributed by atoms with E-state index in [2.05, 4.69) is 17.6 Å². The van der Waals surface area contributed by atoms with Crippen molar-refractivity contribution in [2.45, 2.75) is 52.0 Å². The van der Waals surface area contributed by atoms with Crippen LogP contribution < -0.4 is 20.1 Å². The molecule has 0 aromatic heterocycles. The lowest BCUT2D eigenvalue weighted by Gasteiger charge is -2.21. The van der Waals surface area contributed by atoms with E-state index in [4.69, 9.17) is 9.47 Å². The second-order valence-corrected chi connectivity index (χ2v) is 11.7. The van der Waals surface area contributed by atoms with E-state index in [-0.39, 0.29) is 24.4 Å². The molecule has 4 aromatic carbocycles.